The normalized spacial score (nSPS) is 5.33. The van der Waals surface area contributed by atoms with Gasteiger partial charge in [0.25, 0.3) is 0 Å². The number of hydrogen-bond acceptors (Lipinski definition) is 2. The van der Waals surface area contributed by atoms with Crippen molar-refractivity contribution in [2.24, 2.45) is 4.99 Å². The van der Waals surface area contributed by atoms with Gasteiger partial charge in [-0.3, -0.25) is 0 Å². The average Bonchev–Trinajstić information content (AvgIpc) is 1.41. The molecule has 0 spiro atoms. The van der Waals surface area contributed by atoms with E-state index in [0.717, 1.165) is 0 Å². The van der Waals surface area contributed by atoms with Gasteiger partial charge in [-0.1, -0.05) is 6.54 Å². The van der Waals surface area contributed by atoms with Crippen molar-refractivity contribution in [1.29, 1.82) is 0 Å². The van der Waals surface area contributed by atoms with Crippen LogP contribution in [-0.4, -0.2) is 19.5 Å². The van der Waals surface area contributed by atoms with E-state index >= 15 is 0 Å². The van der Waals surface area contributed by atoms with Crippen LogP contribution in [0.25, 0.3) is 0 Å². The van der Waals surface area contributed by atoms with Gasteiger partial charge < -0.3 is 9.79 Å². The quantitative estimate of drug-likeness (QED) is 0.405. The number of rotatable bonds is 2. The third kappa shape index (κ3) is 8.82. The van der Waals surface area contributed by atoms with Crippen LogP contribution in [0.3, 0.4) is 0 Å². The zero-order valence-electron chi connectivity index (χ0n) is 3.35. The third-order valence-corrected chi connectivity index (χ3v) is 0.176. The Morgan fingerprint density at radius 3 is 2.33 bits per heavy atom. The molecule has 0 rings (SSSR count). The van der Waals surface area contributed by atoms with Gasteiger partial charge in [0, 0.05) is 32.7 Å². The Morgan fingerprint density at radius 1 is 1.83 bits per heavy atom. The van der Waals surface area contributed by atoms with E-state index in [9.17, 15) is 0 Å². The molecule has 0 bridgehead atoms. The molecule has 0 atom stereocenters. The number of hydrogen-bond donors (Lipinski definition) is 0. The van der Waals surface area contributed by atoms with Crippen molar-refractivity contribution in [2.45, 2.75) is 0 Å². The van der Waals surface area contributed by atoms with Crippen LogP contribution in [0.5, 0.6) is 0 Å². The van der Waals surface area contributed by atoms with E-state index in [1.54, 1.807) is 0 Å². The molecular weight excluding hydrogens is 155 g/mol. The standard InChI is InChI=1S/C3H4NO.Y/c1-4-2-3-5;/h1-2H2;/q-1;. The van der Waals surface area contributed by atoms with Crippen LogP contribution in [0.15, 0.2) is 4.99 Å². The molecule has 0 saturated heterocycles. The Bertz CT molecular complexity index is 40.1. The smallest absolute Gasteiger partial charge is 0 e. The van der Waals surface area contributed by atoms with Gasteiger partial charge in [0.15, 0.2) is 0 Å². The molecule has 0 aliphatic carbocycles. The second kappa shape index (κ2) is 9.06. The zero-order valence-corrected chi connectivity index (χ0v) is 6.19. The summed E-state index contributed by atoms with van der Waals surface area (Å²) in [7, 11) is 0. The number of aliphatic imine (C=N–C) groups is 1. The summed E-state index contributed by atoms with van der Waals surface area (Å²) in [6.07, 6.45) is 1.54. The van der Waals surface area contributed by atoms with Gasteiger partial charge in [-0.25, -0.2) is 6.29 Å². The molecular formula is C3H4NOY-. The van der Waals surface area contributed by atoms with Crippen molar-refractivity contribution in [1.82, 2.24) is 0 Å². The topological polar surface area (TPSA) is 29.4 Å². The van der Waals surface area contributed by atoms with E-state index in [2.05, 4.69) is 11.7 Å². The molecule has 0 N–H and O–H groups in total. The van der Waals surface area contributed by atoms with Crippen LogP contribution in [0.4, 0.5) is 0 Å². The molecule has 0 unspecified atom stereocenters. The summed E-state index contributed by atoms with van der Waals surface area (Å²) < 4.78 is 0. The monoisotopic (exact) mass is 159 g/mol. The second-order valence-corrected chi connectivity index (χ2v) is 0.526. The van der Waals surface area contributed by atoms with Crippen LogP contribution in [0.1, 0.15) is 0 Å². The summed E-state index contributed by atoms with van der Waals surface area (Å²) in [6.45, 7) is 3.14. The molecule has 0 saturated carbocycles. The summed E-state index contributed by atoms with van der Waals surface area (Å²) in [5.41, 5.74) is 0. The second-order valence-electron chi connectivity index (χ2n) is 0.526. The predicted molar refractivity (Wildman–Crippen MR) is 20.1 cm³/mol. The first kappa shape index (κ1) is 9.67. The molecule has 31 valence electrons. The fourth-order valence-corrected chi connectivity index (χ4v) is 0.0456. The van der Waals surface area contributed by atoms with Gasteiger partial charge in [-0.2, -0.15) is 0 Å². The summed E-state index contributed by atoms with van der Waals surface area (Å²) in [4.78, 5) is 12.3. The Kier molecular flexibility index (Phi) is 14.6. The van der Waals surface area contributed by atoms with Crippen LogP contribution >= 0.6 is 0 Å². The van der Waals surface area contributed by atoms with Crippen LogP contribution in [0.2, 0.25) is 0 Å². The minimum atomic E-state index is 0. The van der Waals surface area contributed by atoms with Crippen molar-refractivity contribution in [2.75, 3.05) is 6.54 Å². The zero-order chi connectivity index (χ0) is 4.12. The maximum atomic E-state index is 9.15. The van der Waals surface area contributed by atoms with Gasteiger partial charge in [0.1, 0.15) is 0 Å². The van der Waals surface area contributed by atoms with Crippen molar-refractivity contribution in [3.05, 3.63) is 0 Å². The molecule has 0 aromatic carbocycles. The predicted octanol–water partition coefficient (Wildman–Crippen LogP) is -0.206. The van der Waals surface area contributed by atoms with E-state index in [4.69, 9.17) is 4.79 Å². The number of nitrogens with zero attached hydrogens (tertiary/aromatic N) is 1. The SMILES string of the molecule is C=NC[C-]=O.[Y]. The van der Waals surface area contributed by atoms with E-state index in [1.807, 2.05) is 0 Å². The van der Waals surface area contributed by atoms with Crippen molar-refractivity contribution >= 4 is 13.0 Å². The summed E-state index contributed by atoms with van der Waals surface area (Å²) in [5, 5.41) is 0. The minimum Gasteiger partial charge on any atom is -0.540 e. The Morgan fingerprint density at radius 2 is 2.33 bits per heavy atom. The fraction of sp³-hybridized carbons (Fsp3) is 0.333. The van der Waals surface area contributed by atoms with Gasteiger partial charge in [-0.05, 0) is 6.72 Å². The maximum absolute atomic E-state index is 9.15. The fourth-order valence-electron chi connectivity index (χ4n) is 0.0456. The summed E-state index contributed by atoms with van der Waals surface area (Å²) in [5.74, 6) is 0. The van der Waals surface area contributed by atoms with Crippen LogP contribution < -0.4 is 0 Å². The first-order valence-electron chi connectivity index (χ1n) is 1.19. The molecule has 3 heteroatoms. The van der Waals surface area contributed by atoms with E-state index in [0.29, 0.717) is 0 Å². The van der Waals surface area contributed by atoms with Crippen LogP contribution in [-0.2, 0) is 37.5 Å². The number of carbonyl (C=O) groups excluding carboxylic acids is 1. The molecule has 0 aromatic heterocycles. The Hall–Kier alpha value is 0.444. The van der Waals surface area contributed by atoms with E-state index in [1.165, 1.54) is 6.29 Å². The van der Waals surface area contributed by atoms with Gasteiger partial charge >= 0.3 is 0 Å². The van der Waals surface area contributed by atoms with Crippen molar-refractivity contribution in [3.8, 4) is 0 Å². The molecule has 0 fully saturated rings. The van der Waals surface area contributed by atoms with Gasteiger partial charge in [0.2, 0.25) is 0 Å². The molecule has 0 aliphatic heterocycles. The van der Waals surface area contributed by atoms with E-state index < -0.39 is 0 Å². The summed E-state index contributed by atoms with van der Waals surface area (Å²) in [6, 6.07) is 0. The minimum absolute atomic E-state index is 0. The third-order valence-electron chi connectivity index (χ3n) is 0.176. The largest absolute Gasteiger partial charge is 0.540 e. The van der Waals surface area contributed by atoms with Crippen molar-refractivity contribution in [3.63, 3.8) is 0 Å². The molecule has 2 nitrogen and oxygen atoms in total. The average molecular weight is 159 g/mol. The van der Waals surface area contributed by atoms with Crippen LogP contribution in [0, 0.1) is 0 Å². The first-order chi connectivity index (χ1) is 2.41. The Balaban J connectivity index is 0. The molecule has 0 aliphatic rings. The molecule has 1 radical (unpaired) electrons. The van der Waals surface area contributed by atoms with Gasteiger partial charge in [-0.15, -0.1) is 0 Å². The Labute approximate surface area is 61.9 Å². The maximum Gasteiger partial charge on any atom is 0 e. The van der Waals surface area contributed by atoms with E-state index in [-0.39, 0.29) is 39.3 Å². The van der Waals surface area contributed by atoms with Crippen molar-refractivity contribution < 1.29 is 37.5 Å². The first-order valence-corrected chi connectivity index (χ1v) is 1.19. The molecule has 0 aromatic rings. The molecule has 0 heterocycles. The molecule has 6 heavy (non-hydrogen) atoms. The van der Waals surface area contributed by atoms with Gasteiger partial charge in [0.05, 0.1) is 0 Å². The summed E-state index contributed by atoms with van der Waals surface area (Å²) >= 11 is 0. The molecule has 0 amide bonds.